The van der Waals surface area contributed by atoms with E-state index in [1.807, 2.05) is 29.1 Å². The first-order valence-corrected chi connectivity index (χ1v) is 5.97. The zero-order valence-corrected chi connectivity index (χ0v) is 10.6. The second kappa shape index (κ2) is 5.19. The normalized spacial score (nSPS) is 13.2. The summed E-state index contributed by atoms with van der Waals surface area (Å²) in [6.45, 7) is 7.07. The standard InChI is InChI=1S/C13H19N3O/c1-10(2)16-7-6-12(15-16)9-14-11(3)13-5-4-8-17-13/h4-8,10-11,14H,9H2,1-3H3/t11-/m1/s1. The van der Waals surface area contributed by atoms with E-state index in [0.29, 0.717) is 6.04 Å². The third-order valence-electron chi connectivity index (χ3n) is 2.75. The number of rotatable bonds is 5. The number of hydrogen-bond acceptors (Lipinski definition) is 3. The summed E-state index contributed by atoms with van der Waals surface area (Å²) >= 11 is 0. The molecule has 2 aromatic rings. The summed E-state index contributed by atoms with van der Waals surface area (Å²) in [7, 11) is 0. The minimum Gasteiger partial charge on any atom is -0.468 e. The van der Waals surface area contributed by atoms with Gasteiger partial charge in [-0.25, -0.2) is 0 Å². The van der Waals surface area contributed by atoms with Crippen molar-refractivity contribution >= 4 is 0 Å². The van der Waals surface area contributed by atoms with Crippen LogP contribution in [0.1, 0.15) is 44.3 Å². The Morgan fingerprint density at radius 2 is 2.18 bits per heavy atom. The topological polar surface area (TPSA) is 43.0 Å². The Morgan fingerprint density at radius 1 is 1.35 bits per heavy atom. The summed E-state index contributed by atoms with van der Waals surface area (Å²) in [6.07, 6.45) is 3.71. The molecule has 0 radical (unpaired) electrons. The Balaban J connectivity index is 1.89. The van der Waals surface area contributed by atoms with E-state index in [1.165, 1.54) is 0 Å². The SMILES string of the molecule is CC(C)n1ccc(CN[C@H](C)c2ccco2)n1. The predicted molar refractivity (Wildman–Crippen MR) is 66.6 cm³/mol. The van der Waals surface area contributed by atoms with Crippen LogP contribution < -0.4 is 5.32 Å². The molecule has 17 heavy (non-hydrogen) atoms. The van der Waals surface area contributed by atoms with Crippen LogP contribution in [0.15, 0.2) is 35.1 Å². The summed E-state index contributed by atoms with van der Waals surface area (Å²) in [6, 6.07) is 6.54. The van der Waals surface area contributed by atoms with E-state index >= 15 is 0 Å². The van der Waals surface area contributed by atoms with Crippen molar-refractivity contribution in [3.63, 3.8) is 0 Å². The minimum atomic E-state index is 0.203. The molecule has 0 saturated carbocycles. The largest absolute Gasteiger partial charge is 0.468 e. The smallest absolute Gasteiger partial charge is 0.120 e. The molecule has 0 spiro atoms. The summed E-state index contributed by atoms with van der Waals surface area (Å²) in [5.41, 5.74) is 1.05. The molecule has 2 rings (SSSR count). The van der Waals surface area contributed by atoms with Crippen molar-refractivity contribution in [2.24, 2.45) is 0 Å². The lowest BCUT2D eigenvalue weighted by molar-refractivity contribution is 0.426. The Labute approximate surface area is 102 Å². The van der Waals surface area contributed by atoms with E-state index in [9.17, 15) is 0 Å². The number of aromatic nitrogens is 2. The average Bonchev–Trinajstić information content (AvgIpc) is 2.97. The van der Waals surface area contributed by atoms with Gasteiger partial charge in [-0.05, 0) is 39.0 Å². The number of furan rings is 1. The molecule has 0 fully saturated rings. The van der Waals surface area contributed by atoms with Gasteiger partial charge in [0.15, 0.2) is 0 Å². The van der Waals surface area contributed by atoms with Gasteiger partial charge < -0.3 is 9.73 Å². The molecule has 4 heteroatoms. The van der Waals surface area contributed by atoms with E-state index in [0.717, 1.165) is 18.0 Å². The lowest BCUT2D eigenvalue weighted by atomic mass is 10.2. The molecule has 0 bridgehead atoms. The second-order valence-corrected chi connectivity index (χ2v) is 4.50. The van der Waals surface area contributed by atoms with E-state index in [1.54, 1.807) is 6.26 Å². The molecule has 0 aliphatic rings. The lowest BCUT2D eigenvalue weighted by Gasteiger charge is -2.09. The molecule has 0 aromatic carbocycles. The quantitative estimate of drug-likeness (QED) is 0.863. The fourth-order valence-corrected chi connectivity index (χ4v) is 1.66. The molecule has 2 heterocycles. The highest BCUT2D eigenvalue weighted by molar-refractivity contribution is 5.05. The summed E-state index contributed by atoms with van der Waals surface area (Å²) in [5.74, 6) is 0.952. The zero-order chi connectivity index (χ0) is 12.3. The fourth-order valence-electron chi connectivity index (χ4n) is 1.66. The third-order valence-corrected chi connectivity index (χ3v) is 2.75. The molecule has 0 amide bonds. The maximum Gasteiger partial charge on any atom is 0.120 e. The van der Waals surface area contributed by atoms with E-state index in [-0.39, 0.29) is 6.04 Å². The number of nitrogens with one attached hydrogen (secondary N) is 1. The highest BCUT2D eigenvalue weighted by Gasteiger charge is 2.08. The number of nitrogens with zero attached hydrogens (tertiary/aromatic N) is 2. The van der Waals surface area contributed by atoms with Gasteiger partial charge >= 0.3 is 0 Å². The molecule has 1 N–H and O–H groups in total. The van der Waals surface area contributed by atoms with Crippen molar-refractivity contribution in [1.82, 2.24) is 15.1 Å². The van der Waals surface area contributed by atoms with E-state index in [2.05, 4.69) is 31.2 Å². The van der Waals surface area contributed by atoms with Gasteiger partial charge in [0.2, 0.25) is 0 Å². The molecule has 4 nitrogen and oxygen atoms in total. The van der Waals surface area contributed by atoms with Gasteiger partial charge in [-0.3, -0.25) is 4.68 Å². The first-order chi connectivity index (χ1) is 8.16. The predicted octanol–water partition coefficient (Wildman–Crippen LogP) is 2.91. The number of hydrogen-bond donors (Lipinski definition) is 1. The van der Waals surface area contributed by atoms with Gasteiger partial charge in [-0.1, -0.05) is 0 Å². The minimum absolute atomic E-state index is 0.203. The van der Waals surface area contributed by atoms with Crippen LogP contribution in [0.3, 0.4) is 0 Å². The maximum absolute atomic E-state index is 5.34. The van der Waals surface area contributed by atoms with Crippen molar-refractivity contribution < 1.29 is 4.42 Å². The lowest BCUT2D eigenvalue weighted by Crippen LogP contribution is -2.18. The van der Waals surface area contributed by atoms with Crippen LogP contribution in [0.5, 0.6) is 0 Å². The van der Waals surface area contributed by atoms with Crippen LogP contribution in [0, 0.1) is 0 Å². The Morgan fingerprint density at radius 3 is 2.76 bits per heavy atom. The van der Waals surface area contributed by atoms with Gasteiger partial charge in [0.1, 0.15) is 5.76 Å². The van der Waals surface area contributed by atoms with E-state index in [4.69, 9.17) is 4.42 Å². The summed E-state index contributed by atoms with van der Waals surface area (Å²) in [4.78, 5) is 0. The molecule has 2 aromatic heterocycles. The van der Waals surface area contributed by atoms with Crippen LogP contribution in [-0.4, -0.2) is 9.78 Å². The van der Waals surface area contributed by atoms with Gasteiger partial charge in [0.05, 0.1) is 18.0 Å². The van der Waals surface area contributed by atoms with Gasteiger partial charge in [0.25, 0.3) is 0 Å². The van der Waals surface area contributed by atoms with Crippen molar-refractivity contribution in [3.05, 3.63) is 42.1 Å². The summed E-state index contributed by atoms with van der Waals surface area (Å²) in [5, 5.41) is 7.87. The van der Waals surface area contributed by atoms with Crippen molar-refractivity contribution in [3.8, 4) is 0 Å². The van der Waals surface area contributed by atoms with Gasteiger partial charge in [-0.15, -0.1) is 0 Å². The zero-order valence-electron chi connectivity index (χ0n) is 10.6. The molecule has 1 atom stereocenters. The average molecular weight is 233 g/mol. The van der Waals surface area contributed by atoms with Crippen LogP contribution >= 0.6 is 0 Å². The summed E-state index contributed by atoms with van der Waals surface area (Å²) < 4.78 is 7.31. The monoisotopic (exact) mass is 233 g/mol. The first-order valence-electron chi connectivity index (χ1n) is 5.97. The first kappa shape index (κ1) is 11.9. The molecular formula is C13H19N3O. The maximum atomic E-state index is 5.34. The molecule has 0 aliphatic heterocycles. The molecule has 0 saturated heterocycles. The third kappa shape index (κ3) is 2.97. The second-order valence-electron chi connectivity index (χ2n) is 4.50. The highest BCUT2D eigenvalue weighted by Crippen LogP contribution is 2.13. The fraction of sp³-hybridized carbons (Fsp3) is 0.462. The Bertz CT molecular complexity index is 445. The Kier molecular flexibility index (Phi) is 3.64. The van der Waals surface area contributed by atoms with Gasteiger partial charge in [-0.2, -0.15) is 5.10 Å². The van der Waals surface area contributed by atoms with Gasteiger partial charge in [0, 0.05) is 18.8 Å². The van der Waals surface area contributed by atoms with E-state index < -0.39 is 0 Å². The molecular weight excluding hydrogens is 214 g/mol. The van der Waals surface area contributed by atoms with Crippen LogP contribution in [0.4, 0.5) is 0 Å². The molecule has 0 aliphatic carbocycles. The Hall–Kier alpha value is -1.55. The van der Waals surface area contributed by atoms with Crippen molar-refractivity contribution in [2.75, 3.05) is 0 Å². The molecule has 92 valence electrons. The molecule has 0 unspecified atom stereocenters. The van der Waals surface area contributed by atoms with Crippen molar-refractivity contribution in [1.29, 1.82) is 0 Å². The van der Waals surface area contributed by atoms with Crippen molar-refractivity contribution in [2.45, 2.75) is 39.4 Å². The highest BCUT2D eigenvalue weighted by atomic mass is 16.3. The van der Waals surface area contributed by atoms with Crippen LogP contribution in [0.25, 0.3) is 0 Å². The van der Waals surface area contributed by atoms with Crippen LogP contribution in [0.2, 0.25) is 0 Å². The van der Waals surface area contributed by atoms with Crippen LogP contribution in [-0.2, 0) is 6.54 Å².